The van der Waals surface area contributed by atoms with Crippen LogP contribution in [0.25, 0.3) is 0 Å². The van der Waals surface area contributed by atoms with E-state index in [1.165, 1.54) is 0 Å². The minimum Gasteiger partial charge on any atom is -0.368 e. The van der Waals surface area contributed by atoms with Crippen LogP contribution in [0.4, 0.5) is 17.5 Å². The lowest BCUT2D eigenvalue weighted by Crippen LogP contribution is -2.36. The van der Waals surface area contributed by atoms with Crippen molar-refractivity contribution in [3.63, 3.8) is 0 Å². The number of nitrogens with two attached hydrogens (primary N) is 2. The van der Waals surface area contributed by atoms with Crippen LogP contribution in [0.1, 0.15) is 35.3 Å². The lowest BCUT2D eigenvalue weighted by Gasteiger charge is -2.16. The third-order valence-corrected chi connectivity index (χ3v) is 4.15. The van der Waals surface area contributed by atoms with Crippen molar-refractivity contribution in [2.75, 3.05) is 10.6 Å². The lowest BCUT2D eigenvalue weighted by molar-refractivity contribution is -0.119. The number of carbonyl (C=O) groups excluding carboxylic acids is 2. The molecule has 2 aromatic rings. The third-order valence-electron chi connectivity index (χ3n) is 4.15. The highest BCUT2D eigenvalue weighted by atomic mass is 16.1. The number of anilines is 3. The Morgan fingerprint density at radius 3 is 2.46 bits per heavy atom. The number of carbonyl (C=O) groups is 2. The Labute approximate surface area is 150 Å². The zero-order valence-electron chi connectivity index (χ0n) is 14.4. The minimum absolute atomic E-state index is 0.0889. The molecule has 1 aromatic heterocycles. The Balaban J connectivity index is 1.83. The van der Waals surface area contributed by atoms with Crippen molar-refractivity contribution in [1.82, 2.24) is 15.2 Å². The molecule has 2 amide bonds. The van der Waals surface area contributed by atoms with Gasteiger partial charge in [0, 0.05) is 5.69 Å². The molecule has 0 radical (unpaired) electrons. The highest BCUT2D eigenvalue weighted by Crippen LogP contribution is 2.34. The number of amides is 2. The quantitative estimate of drug-likeness (QED) is 0.553. The van der Waals surface area contributed by atoms with Crippen molar-refractivity contribution >= 4 is 29.3 Å². The van der Waals surface area contributed by atoms with Crippen LogP contribution in [0.5, 0.6) is 0 Å². The number of benzene rings is 1. The predicted molar refractivity (Wildman–Crippen MR) is 96.8 cm³/mol. The molecule has 1 aliphatic carbocycles. The summed E-state index contributed by atoms with van der Waals surface area (Å²) in [6.45, 7) is 1.97. The van der Waals surface area contributed by atoms with Crippen LogP contribution in [-0.2, 0) is 4.79 Å². The van der Waals surface area contributed by atoms with Crippen molar-refractivity contribution < 1.29 is 9.59 Å². The second-order valence-corrected chi connectivity index (χ2v) is 6.47. The Hall–Kier alpha value is -3.23. The van der Waals surface area contributed by atoms with Crippen molar-refractivity contribution in [1.29, 1.82) is 0 Å². The summed E-state index contributed by atoms with van der Waals surface area (Å²) in [5.41, 5.74) is 12.5. The summed E-state index contributed by atoms with van der Waals surface area (Å²) in [4.78, 5) is 27.5. The summed E-state index contributed by atoms with van der Waals surface area (Å²) < 4.78 is 0. The van der Waals surface area contributed by atoms with Gasteiger partial charge in [0.15, 0.2) is 11.5 Å². The van der Waals surface area contributed by atoms with Crippen molar-refractivity contribution in [2.24, 2.45) is 17.4 Å². The fraction of sp³-hybridized carbons (Fsp3) is 0.353. The molecule has 0 bridgehead atoms. The number of hydrogen-bond donors (Lipinski definition) is 4. The van der Waals surface area contributed by atoms with E-state index < -0.39 is 17.9 Å². The van der Waals surface area contributed by atoms with E-state index in [9.17, 15) is 9.59 Å². The van der Waals surface area contributed by atoms with Crippen LogP contribution < -0.4 is 22.1 Å². The van der Waals surface area contributed by atoms with Gasteiger partial charge in [-0.25, -0.2) is 0 Å². The highest BCUT2D eigenvalue weighted by Gasteiger charge is 2.29. The van der Waals surface area contributed by atoms with E-state index >= 15 is 0 Å². The second-order valence-electron chi connectivity index (χ2n) is 6.47. The molecule has 9 heteroatoms. The molecule has 9 nitrogen and oxygen atoms in total. The first-order valence-corrected chi connectivity index (χ1v) is 8.36. The minimum atomic E-state index is -0.754. The molecule has 0 unspecified atom stereocenters. The first kappa shape index (κ1) is 17.6. The highest BCUT2D eigenvalue weighted by molar-refractivity contribution is 5.96. The summed E-state index contributed by atoms with van der Waals surface area (Å²) in [7, 11) is 0. The first-order valence-electron chi connectivity index (χ1n) is 8.36. The predicted octanol–water partition coefficient (Wildman–Crippen LogP) is 1.09. The molecule has 0 saturated heterocycles. The number of primary amides is 2. The van der Waals surface area contributed by atoms with Gasteiger partial charge in [-0.2, -0.15) is 4.98 Å². The van der Waals surface area contributed by atoms with Crippen molar-refractivity contribution in [3.05, 3.63) is 35.5 Å². The van der Waals surface area contributed by atoms with E-state index in [0.29, 0.717) is 18.0 Å². The van der Waals surface area contributed by atoms with Crippen molar-refractivity contribution in [2.45, 2.75) is 32.2 Å². The van der Waals surface area contributed by atoms with E-state index in [2.05, 4.69) is 25.8 Å². The Bertz CT molecular complexity index is 818. The largest absolute Gasteiger partial charge is 0.368 e. The summed E-state index contributed by atoms with van der Waals surface area (Å²) >= 11 is 0. The van der Waals surface area contributed by atoms with Crippen LogP contribution in [-0.4, -0.2) is 33.0 Å². The number of aryl methyl sites for hydroxylation is 1. The Kier molecular flexibility index (Phi) is 4.97. The fourth-order valence-electron chi connectivity index (χ4n) is 2.50. The van der Waals surface area contributed by atoms with E-state index in [1.807, 2.05) is 31.2 Å². The molecule has 0 spiro atoms. The Morgan fingerprint density at radius 1 is 1.19 bits per heavy atom. The molecule has 136 valence electrons. The van der Waals surface area contributed by atoms with Gasteiger partial charge in [-0.1, -0.05) is 30.5 Å². The molecule has 3 rings (SSSR count). The molecule has 1 aromatic carbocycles. The van der Waals surface area contributed by atoms with E-state index in [1.54, 1.807) is 0 Å². The molecule has 1 heterocycles. The monoisotopic (exact) mass is 355 g/mol. The lowest BCUT2D eigenvalue weighted by atomic mass is 10.1. The molecule has 1 atom stereocenters. The maximum Gasteiger partial charge on any atom is 0.273 e. The average Bonchev–Trinajstić information content (AvgIpc) is 3.40. The zero-order chi connectivity index (χ0) is 18.7. The number of hydrogen-bond acceptors (Lipinski definition) is 7. The number of rotatable bonds is 8. The smallest absolute Gasteiger partial charge is 0.273 e. The first-order chi connectivity index (χ1) is 12.4. The van der Waals surface area contributed by atoms with Gasteiger partial charge in [0.25, 0.3) is 5.91 Å². The maximum absolute atomic E-state index is 11.6. The van der Waals surface area contributed by atoms with E-state index in [-0.39, 0.29) is 17.5 Å². The Morgan fingerprint density at radius 2 is 1.88 bits per heavy atom. The van der Waals surface area contributed by atoms with Gasteiger partial charge in [-0.05, 0) is 31.4 Å². The standard InChI is InChI=1S/C17H21N7O2/c1-9-2-6-11(7-3-9)20-16-13(15(19)26)23-24-17(22-16)21-12(14(18)25)8-10-4-5-10/h2-3,6-7,10,12H,4-5,8H2,1H3,(H2,18,25)(H2,19,26)(H2,20,21,22,24)/t12-/m1/s1. The van der Waals surface area contributed by atoms with Gasteiger partial charge in [0.1, 0.15) is 6.04 Å². The normalized spacial score (nSPS) is 14.5. The second kappa shape index (κ2) is 7.34. The average molecular weight is 355 g/mol. The van der Waals surface area contributed by atoms with Crippen LogP contribution in [0.2, 0.25) is 0 Å². The van der Waals surface area contributed by atoms with Crippen molar-refractivity contribution in [3.8, 4) is 0 Å². The number of nitrogens with one attached hydrogen (secondary N) is 2. The van der Waals surface area contributed by atoms with Gasteiger partial charge >= 0.3 is 0 Å². The summed E-state index contributed by atoms with van der Waals surface area (Å²) in [5.74, 6) is -0.478. The fourth-order valence-corrected chi connectivity index (χ4v) is 2.50. The third kappa shape index (κ3) is 4.44. The summed E-state index contributed by atoms with van der Waals surface area (Å²) in [6, 6.07) is 6.93. The number of nitrogens with zero attached hydrogens (tertiary/aromatic N) is 3. The molecule has 1 fully saturated rings. The molecule has 0 aliphatic heterocycles. The van der Waals surface area contributed by atoms with E-state index in [0.717, 1.165) is 18.4 Å². The molecule has 1 aliphatic rings. The molecule has 6 N–H and O–H groups in total. The maximum atomic E-state index is 11.6. The van der Waals surface area contributed by atoms with Crippen LogP contribution >= 0.6 is 0 Å². The molecular formula is C17H21N7O2. The van der Waals surface area contributed by atoms with Gasteiger partial charge < -0.3 is 22.1 Å². The zero-order valence-corrected chi connectivity index (χ0v) is 14.4. The van der Waals surface area contributed by atoms with Gasteiger partial charge in [0.05, 0.1) is 0 Å². The summed E-state index contributed by atoms with van der Waals surface area (Å²) in [6.07, 6.45) is 2.80. The summed E-state index contributed by atoms with van der Waals surface area (Å²) in [5, 5.41) is 13.6. The number of aromatic nitrogens is 3. The van der Waals surface area contributed by atoms with Gasteiger partial charge in [-0.3, -0.25) is 9.59 Å². The molecule has 1 saturated carbocycles. The van der Waals surface area contributed by atoms with E-state index in [4.69, 9.17) is 11.5 Å². The van der Waals surface area contributed by atoms with Crippen LogP contribution in [0, 0.1) is 12.8 Å². The molecular weight excluding hydrogens is 334 g/mol. The molecule has 26 heavy (non-hydrogen) atoms. The van der Waals surface area contributed by atoms with Crippen LogP contribution in [0.3, 0.4) is 0 Å². The topological polar surface area (TPSA) is 149 Å². The van der Waals surface area contributed by atoms with Gasteiger partial charge in [0.2, 0.25) is 11.9 Å². The van der Waals surface area contributed by atoms with Gasteiger partial charge in [-0.15, -0.1) is 10.2 Å². The SMILES string of the molecule is Cc1ccc(Nc2nc(N[C@H](CC3CC3)C(N)=O)nnc2C(N)=O)cc1. The van der Waals surface area contributed by atoms with Crippen LogP contribution in [0.15, 0.2) is 24.3 Å².